The molecule has 0 saturated heterocycles. The van der Waals surface area contributed by atoms with Gasteiger partial charge in [-0.3, -0.25) is 4.79 Å². The molecule has 1 aliphatic rings. The largest absolute Gasteiger partial charge is 0.385 e. The number of carbonyl (C=O) groups is 1. The Labute approximate surface area is 120 Å². The average molecular weight is 278 g/mol. The minimum absolute atomic E-state index is 0.135. The Morgan fingerprint density at radius 1 is 1.30 bits per heavy atom. The highest BCUT2D eigenvalue weighted by molar-refractivity contribution is 5.99. The van der Waals surface area contributed by atoms with Crippen LogP contribution in [0.25, 0.3) is 0 Å². The average Bonchev–Trinajstić information content (AvgIpc) is 2.47. The second kappa shape index (κ2) is 6.73. The van der Waals surface area contributed by atoms with E-state index in [1.54, 1.807) is 19.2 Å². The van der Waals surface area contributed by atoms with E-state index in [9.17, 15) is 9.18 Å². The molecule has 110 valence electrons. The van der Waals surface area contributed by atoms with Crippen molar-refractivity contribution in [2.75, 3.05) is 12.4 Å². The number of carbonyl (C=O) groups excluding carboxylic acids is 1. The fourth-order valence-electron chi connectivity index (χ4n) is 3.00. The highest BCUT2D eigenvalue weighted by atomic mass is 19.1. The van der Waals surface area contributed by atoms with Crippen molar-refractivity contribution in [3.8, 4) is 0 Å². The molecule has 1 amide bonds. The maximum absolute atomic E-state index is 13.7. The van der Waals surface area contributed by atoms with Gasteiger partial charge in [-0.15, -0.1) is 0 Å². The van der Waals surface area contributed by atoms with E-state index in [0.717, 1.165) is 0 Å². The zero-order chi connectivity index (χ0) is 14.5. The molecule has 1 fully saturated rings. The molecule has 0 spiro atoms. The molecule has 2 rings (SSSR count). The lowest BCUT2D eigenvalue weighted by Gasteiger charge is -2.28. The zero-order valence-electron chi connectivity index (χ0n) is 12.2. The van der Waals surface area contributed by atoms with E-state index in [1.807, 2.05) is 6.92 Å². The van der Waals surface area contributed by atoms with Gasteiger partial charge in [0.05, 0.1) is 11.3 Å². The van der Waals surface area contributed by atoms with E-state index >= 15 is 0 Å². The number of hydrogen-bond donors (Lipinski definition) is 2. The van der Waals surface area contributed by atoms with Gasteiger partial charge in [-0.1, -0.05) is 25.3 Å². The van der Waals surface area contributed by atoms with Crippen LogP contribution >= 0.6 is 0 Å². The van der Waals surface area contributed by atoms with Crippen LogP contribution < -0.4 is 10.6 Å². The van der Waals surface area contributed by atoms with E-state index in [2.05, 4.69) is 10.6 Å². The van der Waals surface area contributed by atoms with Crippen LogP contribution in [-0.4, -0.2) is 19.0 Å². The molecule has 20 heavy (non-hydrogen) atoms. The molecular formula is C16H23FN2O. The first-order chi connectivity index (χ1) is 9.63. The van der Waals surface area contributed by atoms with Gasteiger partial charge in [-0.25, -0.2) is 4.39 Å². The van der Waals surface area contributed by atoms with Crippen LogP contribution in [0.3, 0.4) is 0 Å². The molecular weight excluding hydrogens is 255 g/mol. The van der Waals surface area contributed by atoms with Gasteiger partial charge in [0, 0.05) is 13.1 Å². The standard InChI is InChI=1S/C16H23FN2O/c1-11(12-7-4-3-5-8-12)19-16(20)13-9-6-10-14(17)15(13)18-2/h6,9-12,18H,3-5,7-8H2,1-2H3,(H,19,20). The number of nitrogens with one attached hydrogen (secondary N) is 2. The predicted octanol–water partition coefficient (Wildman–Crippen LogP) is 3.57. The van der Waals surface area contributed by atoms with Gasteiger partial charge in [-0.2, -0.15) is 0 Å². The maximum atomic E-state index is 13.7. The molecule has 1 aromatic rings. The van der Waals surface area contributed by atoms with E-state index in [4.69, 9.17) is 0 Å². The zero-order valence-corrected chi connectivity index (χ0v) is 12.2. The highest BCUT2D eigenvalue weighted by Crippen LogP contribution is 2.27. The first kappa shape index (κ1) is 14.8. The van der Waals surface area contributed by atoms with E-state index in [0.29, 0.717) is 11.5 Å². The summed E-state index contributed by atoms with van der Waals surface area (Å²) >= 11 is 0. The second-order valence-corrected chi connectivity index (χ2v) is 5.57. The molecule has 3 nitrogen and oxygen atoms in total. The SMILES string of the molecule is CNc1c(F)cccc1C(=O)NC(C)C1CCCCC1. The molecule has 1 aromatic carbocycles. The van der Waals surface area contributed by atoms with Crippen LogP contribution in [0.4, 0.5) is 10.1 Å². The molecule has 1 saturated carbocycles. The minimum atomic E-state index is -0.398. The fraction of sp³-hybridized carbons (Fsp3) is 0.562. The summed E-state index contributed by atoms with van der Waals surface area (Å²) in [5.74, 6) is -0.0586. The van der Waals surface area contributed by atoms with Gasteiger partial charge in [0.1, 0.15) is 5.82 Å². The van der Waals surface area contributed by atoms with Crippen LogP contribution in [0.2, 0.25) is 0 Å². The van der Waals surface area contributed by atoms with Crippen molar-refractivity contribution in [1.82, 2.24) is 5.32 Å². The van der Waals surface area contributed by atoms with Gasteiger partial charge in [-0.05, 0) is 37.8 Å². The summed E-state index contributed by atoms with van der Waals surface area (Å²) in [6, 6.07) is 4.71. The van der Waals surface area contributed by atoms with Crippen molar-refractivity contribution >= 4 is 11.6 Å². The van der Waals surface area contributed by atoms with Gasteiger partial charge < -0.3 is 10.6 Å². The number of para-hydroxylation sites is 1. The van der Waals surface area contributed by atoms with E-state index in [1.165, 1.54) is 38.2 Å². The Hall–Kier alpha value is -1.58. The summed E-state index contributed by atoms with van der Waals surface area (Å²) in [7, 11) is 1.62. The summed E-state index contributed by atoms with van der Waals surface area (Å²) in [6.45, 7) is 2.05. The molecule has 1 unspecified atom stereocenters. The van der Waals surface area contributed by atoms with Crippen molar-refractivity contribution < 1.29 is 9.18 Å². The third-order valence-corrected chi connectivity index (χ3v) is 4.22. The summed E-state index contributed by atoms with van der Waals surface area (Å²) in [4.78, 5) is 12.3. The van der Waals surface area contributed by atoms with Crippen LogP contribution in [0, 0.1) is 11.7 Å². The first-order valence-corrected chi connectivity index (χ1v) is 7.40. The predicted molar refractivity (Wildman–Crippen MR) is 79.4 cm³/mol. The topological polar surface area (TPSA) is 41.1 Å². The molecule has 1 atom stereocenters. The van der Waals surface area contributed by atoms with Crippen LogP contribution in [0.1, 0.15) is 49.4 Å². The van der Waals surface area contributed by atoms with Crippen LogP contribution in [0.15, 0.2) is 18.2 Å². The van der Waals surface area contributed by atoms with Gasteiger partial charge in [0.15, 0.2) is 0 Å². The molecule has 0 radical (unpaired) electrons. The Kier molecular flexibility index (Phi) is 4.99. The summed E-state index contributed by atoms with van der Waals surface area (Å²) < 4.78 is 13.7. The molecule has 0 aliphatic heterocycles. The second-order valence-electron chi connectivity index (χ2n) is 5.57. The maximum Gasteiger partial charge on any atom is 0.253 e. The van der Waals surface area contributed by atoms with Crippen molar-refractivity contribution in [3.05, 3.63) is 29.6 Å². The summed E-state index contributed by atoms with van der Waals surface area (Å²) in [5, 5.41) is 5.78. The Bertz CT molecular complexity index is 470. The monoisotopic (exact) mass is 278 g/mol. The number of halogens is 1. The lowest BCUT2D eigenvalue weighted by molar-refractivity contribution is 0.0919. The third-order valence-electron chi connectivity index (χ3n) is 4.22. The molecule has 0 heterocycles. The van der Waals surface area contributed by atoms with E-state index in [-0.39, 0.29) is 17.6 Å². The number of amides is 1. The number of anilines is 1. The molecule has 2 N–H and O–H groups in total. The minimum Gasteiger partial charge on any atom is -0.385 e. The van der Waals surface area contributed by atoms with Crippen molar-refractivity contribution in [3.63, 3.8) is 0 Å². The Balaban J connectivity index is 2.06. The highest BCUT2D eigenvalue weighted by Gasteiger charge is 2.23. The number of hydrogen-bond acceptors (Lipinski definition) is 2. The normalized spacial score (nSPS) is 17.6. The fourth-order valence-corrected chi connectivity index (χ4v) is 3.00. The lowest BCUT2D eigenvalue weighted by Crippen LogP contribution is -2.39. The van der Waals surface area contributed by atoms with Crippen LogP contribution in [0.5, 0.6) is 0 Å². The Morgan fingerprint density at radius 3 is 2.65 bits per heavy atom. The molecule has 1 aliphatic carbocycles. The third kappa shape index (κ3) is 3.30. The quantitative estimate of drug-likeness (QED) is 0.884. The first-order valence-electron chi connectivity index (χ1n) is 7.40. The molecule has 4 heteroatoms. The Morgan fingerprint density at radius 2 is 2.00 bits per heavy atom. The number of rotatable bonds is 4. The summed E-state index contributed by atoms with van der Waals surface area (Å²) in [6.07, 6.45) is 6.12. The molecule has 0 bridgehead atoms. The van der Waals surface area contributed by atoms with Crippen molar-refractivity contribution in [2.24, 2.45) is 5.92 Å². The van der Waals surface area contributed by atoms with Crippen molar-refractivity contribution in [2.45, 2.75) is 45.1 Å². The summed E-state index contributed by atoms with van der Waals surface area (Å²) in [5.41, 5.74) is 0.635. The van der Waals surface area contributed by atoms with E-state index < -0.39 is 5.82 Å². The van der Waals surface area contributed by atoms with Gasteiger partial charge >= 0.3 is 0 Å². The van der Waals surface area contributed by atoms with Gasteiger partial charge in [0.2, 0.25) is 0 Å². The smallest absolute Gasteiger partial charge is 0.253 e. The van der Waals surface area contributed by atoms with Crippen LogP contribution in [-0.2, 0) is 0 Å². The van der Waals surface area contributed by atoms with Crippen molar-refractivity contribution in [1.29, 1.82) is 0 Å². The number of benzene rings is 1. The lowest BCUT2D eigenvalue weighted by atomic mass is 9.84. The van der Waals surface area contributed by atoms with Gasteiger partial charge in [0.25, 0.3) is 5.91 Å². The molecule has 0 aromatic heterocycles.